The highest BCUT2D eigenvalue weighted by atomic mass is 16.3. The lowest BCUT2D eigenvalue weighted by molar-refractivity contribution is -0.131. The van der Waals surface area contributed by atoms with E-state index in [9.17, 15) is 4.79 Å². The monoisotopic (exact) mass is 276 g/mol. The molecular weight excluding hydrogens is 252 g/mol. The molecule has 110 valence electrons. The van der Waals surface area contributed by atoms with E-state index >= 15 is 0 Å². The summed E-state index contributed by atoms with van der Waals surface area (Å²) >= 11 is 0. The third kappa shape index (κ3) is 3.06. The lowest BCUT2D eigenvalue weighted by Gasteiger charge is -2.18. The Balaban J connectivity index is 1.51. The van der Waals surface area contributed by atoms with Crippen molar-refractivity contribution in [3.05, 3.63) is 23.7 Å². The summed E-state index contributed by atoms with van der Waals surface area (Å²) in [4.78, 5) is 13.8. The summed E-state index contributed by atoms with van der Waals surface area (Å²) in [6, 6.07) is 4.08. The van der Waals surface area contributed by atoms with Crippen LogP contribution in [0.15, 0.2) is 16.5 Å². The van der Waals surface area contributed by atoms with Crippen LogP contribution in [0.1, 0.15) is 50.0 Å². The van der Waals surface area contributed by atoms with Crippen LogP contribution in [-0.2, 0) is 11.3 Å². The maximum absolute atomic E-state index is 12.1. The first-order valence-electron chi connectivity index (χ1n) is 7.62. The summed E-state index contributed by atoms with van der Waals surface area (Å²) in [6.45, 7) is 2.78. The second kappa shape index (κ2) is 5.24. The van der Waals surface area contributed by atoms with Crippen molar-refractivity contribution in [2.24, 2.45) is 17.6 Å². The molecule has 2 aliphatic rings. The van der Waals surface area contributed by atoms with Crippen LogP contribution in [-0.4, -0.2) is 23.9 Å². The summed E-state index contributed by atoms with van der Waals surface area (Å²) in [6.07, 6.45) is 4.03. The molecule has 20 heavy (non-hydrogen) atoms. The molecule has 0 aliphatic heterocycles. The average molecular weight is 276 g/mol. The van der Waals surface area contributed by atoms with E-state index in [1.165, 1.54) is 19.3 Å². The van der Waals surface area contributed by atoms with Gasteiger partial charge in [-0.25, -0.2) is 0 Å². The maximum atomic E-state index is 12.1. The Bertz CT molecular complexity index is 492. The maximum Gasteiger partial charge on any atom is 0.224 e. The molecule has 1 aromatic rings. The molecule has 2 saturated carbocycles. The summed E-state index contributed by atoms with van der Waals surface area (Å²) in [7, 11) is 1.82. The number of carbonyl (C=O) groups excluding carboxylic acids is 1. The van der Waals surface area contributed by atoms with Crippen LogP contribution in [0, 0.1) is 11.8 Å². The number of nitrogens with two attached hydrogens (primary N) is 1. The Kier molecular flexibility index (Phi) is 3.59. The average Bonchev–Trinajstić information content (AvgIpc) is 3.31. The smallest absolute Gasteiger partial charge is 0.224 e. The number of hydrogen-bond acceptors (Lipinski definition) is 3. The van der Waals surface area contributed by atoms with E-state index in [4.69, 9.17) is 10.2 Å². The number of nitrogens with zero attached hydrogens (tertiary/aromatic N) is 1. The zero-order valence-electron chi connectivity index (χ0n) is 12.3. The van der Waals surface area contributed by atoms with Gasteiger partial charge in [-0.15, -0.1) is 0 Å². The quantitative estimate of drug-likeness (QED) is 0.868. The van der Waals surface area contributed by atoms with Crippen LogP contribution < -0.4 is 5.73 Å². The highest BCUT2D eigenvalue weighted by molar-refractivity contribution is 5.76. The lowest BCUT2D eigenvalue weighted by atomic mass is 10.1. The van der Waals surface area contributed by atoms with Crippen LogP contribution in [0.25, 0.3) is 0 Å². The van der Waals surface area contributed by atoms with E-state index in [0.717, 1.165) is 17.4 Å². The van der Waals surface area contributed by atoms with Crippen LogP contribution in [0.4, 0.5) is 0 Å². The molecule has 2 aliphatic carbocycles. The molecule has 0 aromatic carbocycles. The predicted octanol–water partition coefficient (Wildman–Crippen LogP) is 2.49. The summed E-state index contributed by atoms with van der Waals surface area (Å²) in [5, 5.41) is 0. The van der Waals surface area contributed by atoms with Crippen molar-refractivity contribution < 1.29 is 9.21 Å². The molecule has 4 heteroatoms. The minimum atomic E-state index is 0.0319. The topological polar surface area (TPSA) is 59.5 Å². The van der Waals surface area contributed by atoms with Crippen molar-refractivity contribution in [3.63, 3.8) is 0 Å². The molecule has 1 aromatic heterocycles. The van der Waals surface area contributed by atoms with Gasteiger partial charge in [-0.05, 0) is 43.2 Å². The first kappa shape index (κ1) is 13.7. The van der Waals surface area contributed by atoms with Crippen molar-refractivity contribution in [2.45, 2.75) is 51.1 Å². The first-order chi connectivity index (χ1) is 9.54. The second-order valence-electron chi connectivity index (χ2n) is 6.58. The van der Waals surface area contributed by atoms with Crippen LogP contribution >= 0.6 is 0 Å². The predicted molar refractivity (Wildman–Crippen MR) is 77.0 cm³/mol. The molecule has 2 fully saturated rings. The van der Waals surface area contributed by atoms with E-state index < -0.39 is 0 Å². The van der Waals surface area contributed by atoms with Crippen LogP contribution in [0.3, 0.4) is 0 Å². The molecule has 2 N–H and O–H groups in total. The van der Waals surface area contributed by atoms with Gasteiger partial charge in [-0.1, -0.05) is 6.92 Å². The SMILES string of the molecule is CC1CC1c1ccc(CN(C)C(=O)CC(N)C2CC2)o1. The van der Waals surface area contributed by atoms with Gasteiger partial charge >= 0.3 is 0 Å². The standard InChI is InChI=1S/C16H24N2O2/c1-10-7-13(10)15-6-5-12(20-15)9-18(2)16(19)8-14(17)11-3-4-11/h5-6,10-11,13-14H,3-4,7-9,17H2,1-2H3. The van der Waals surface area contributed by atoms with Gasteiger partial charge < -0.3 is 15.1 Å². The van der Waals surface area contributed by atoms with Crippen molar-refractivity contribution >= 4 is 5.91 Å². The van der Waals surface area contributed by atoms with Gasteiger partial charge in [0, 0.05) is 25.4 Å². The van der Waals surface area contributed by atoms with E-state index in [2.05, 4.69) is 13.0 Å². The molecule has 1 amide bonds. The van der Waals surface area contributed by atoms with Crippen molar-refractivity contribution in [2.75, 3.05) is 7.05 Å². The van der Waals surface area contributed by atoms with E-state index in [1.54, 1.807) is 4.90 Å². The molecule has 3 rings (SSSR count). The van der Waals surface area contributed by atoms with Crippen LogP contribution in [0.5, 0.6) is 0 Å². The largest absolute Gasteiger partial charge is 0.464 e. The van der Waals surface area contributed by atoms with Gasteiger partial charge in [0.25, 0.3) is 0 Å². The normalized spacial score (nSPS) is 26.4. The molecule has 1 heterocycles. The van der Waals surface area contributed by atoms with E-state index in [-0.39, 0.29) is 11.9 Å². The third-order valence-corrected chi connectivity index (χ3v) is 4.61. The summed E-state index contributed by atoms with van der Waals surface area (Å²) < 4.78 is 5.84. The first-order valence-corrected chi connectivity index (χ1v) is 7.62. The van der Waals surface area contributed by atoms with Crippen molar-refractivity contribution in [1.82, 2.24) is 4.90 Å². The molecule has 0 saturated heterocycles. The fraction of sp³-hybridized carbons (Fsp3) is 0.688. The molecule has 3 unspecified atom stereocenters. The summed E-state index contributed by atoms with van der Waals surface area (Å²) in [5.74, 6) is 3.96. The highest BCUT2D eigenvalue weighted by Crippen LogP contribution is 2.47. The molecular formula is C16H24N2O2. The fourth-order valence-electron chi connectivity index (χ4n) is 2.77. The molecule has 0 spiro atoms. The Morgan fingerprint density at radius 1 is 1.50 bits per heavy atom. The van der Waals surface area contributed by atoms with Gasteiger partial charge in [-0.3, -0.25) is 4.79 Å². The van der Waals surface area contributed by atoms with Gasteiger partial charge in [0.1, 0.15) is 11.5 Å². The van der Waals surface area contributed by atoms with Crippen molar-refractivity contribution in [1.29, 1.82) is 0 Å². The third-order valence-electron chi connectivity index (χ3n) is 4.61. The second-order valence-corrected chi connectivity index (χ2v) is 6.58. The zero-order valence-corrected chi connectivity index (χ0v) is 12.3. The minimum absolute atomic E-state index is 0.0319. The Hall–Kier alpha value is -1.29. The van der Waals surface area contributed by atoms with Crippen LogP contribution in [0.2, 0.25) is 0 Å². The minimum Gasteiger partial charge on any atom is -0.464 e. The number of carbonyl (C=O) groups is 1. The Morgan fingerprint density at radius 3 is 2.80 bits per heavy atom. The van der Waals surface area contributed by atoms with Gasteiger partial charge in [-0.2, -0.15) is 0 Å². The van der Waals surface area contributed by atoms with E-state index in [0.29, 0.717) is 24.8 Å². The fourth-order valence-corrected chi connectivity index (χ4v) is 2.77. The molecule has 4 nitrogen and oxygen atoms in total. The Morgan fingerprint density at radius 2 is 2.20 bits per heavy atom. The number of rotatable bonds is 6. The van der Waals surface area contributed by atoms with Gasteiger partial charge in [0.05, 0.1) is 6.54 Å². The lowest BCUT2D eigenvalue weighted by Crippen LogP contribution is -2.34. The van der Waals surface area contributed by atoms with Crippen molar-refractivity contribution in [3.8, 4) is 0 Å². The van der Waals surface area contributed by atoms with Gasteiger partial charge in [0.15, 0.2) is 0 Å². The number of amides is 1. The Labute approximate surface area is 120 Å². The molecule has 0 radical (unpaired) electrons. The van der Waals surface area contributed by atoms with E-state index in [1.807, 2.05) is 13.1 Å². The highest BCUT2D eigenvalue weighted by Gasteiger charge is 2.36. The summed E-state index contributed by atoms with van der Waals surface area (Å²) in [5.41, 5.74) is 6.01. The number of hydrogen-bond donors (Lipinski definition) is 1. The molecule has 0 bridgehead atoms. The van der Waals surface area contributed by atoms with Gasteiger partial charge in [0.2, 0.25) is 5.91 Å². The zero-order chi connectivity index (χ0) is 14.3. The molecule has 3 atom stereocenters. The number of furan rings is 1.